The molecule has 0 radical (unpaired) electrons. The zero-order chi connectivity index (χ0) is 6.28. The lowest BCUT2D eigenvalue weighted by atomic mass is 15.9. The zero-order valence-electron chi connectivity index (χ0n) is 3.36. The van der Waals surface area contributed by atoms with Gasteiger partial charge in [0.1, 0.15) is 0 Å². The molecule has 0 N–H and O–H groups in total. The van der Waals surface area contributed by atoms with Crippen LogP contribution >= 0.6 is 13.5 Å². The molecule has 0 heterocycles. The predicted octanol–water partition coefficient (Wildman–Crippen LogP) is -1.56. The third-order valence-electron chi connectivity index (χ3n) is 0. The lowest BCUT2D eigenvalue weighted by Crippen LogP contribution is -1.40. The molecule has 0 aromatic rings. The van der Waals surface area contributed by atoms with Gasteiger partial charge in [0.2, 0.25) is 0 Å². The molecule has 0 atom stereocenters. The van der Waals surface area contributed by atoms with E-state index >= 15 is 0 Å². The highest BCUT2D eigenvalue weighted by atomic mass is 32.2. The Labute approximate surface area is 57.2 Å². The SMILES string of the molecule is O=S(=O)=O.O=S=O.S. The molecule has 0 aliphatic rings. The number of rotatable bonds is 0. The fourth-order valence-electron chi connectivity index (χ4n) is 0. The average Bonchev–Trinajstić information content (AvgIpc) is 1.33. The summed E-state index contributed by atoms with van der Waals surface area (Å²) in [5.41, 5.74) is 0. The molecular formula is H2O5S3. The summed E-state index contributed by atoms with van der Waals surface area (Å²) >= 11 is -0.750. The van der Waals surface area contributed by atoms with Crippen molar-refractivity contribution in [2.75, 3.05) is 0 Å². The van der Waals surface area contributed by atoms with Gasteiger partial charge in [-0.2, -0.15) is 21.9 Å². The lowest BCUT2D eigenvalue weighted by Gasteiger charge is -1.11. The van der Waals surface area contributed by atoms with Crippen LogP contribution in [0.2, 0.25) is 0 Å². The molecule has 0 saturated heterocycles. The summed E-state index contributed by atoms with van der Waals surface area (Å²) in [6, 6.07) is 0. The Morgan fingerprint density at radius 3 is 1.00 bits per heavy atom. The van der Waals surface area contributed by atoms with Gasteiger partial charge in [-0.05, 0) is 0 Å². The molecule has 0 aliphatic carbocycles. The third kappa shape index (κ3) is 3010. The van der Waals surface area contributed by atoms with Crippen molar-refractivity contribution >= 4 is 35.7 Å². The predicted molar refractivity (Wildman–Crippen MR) is 29.0 cm³/mol. The molecule has 8 heavy (non-hydrogen) atoms. The first-order valence-corrected chi connectivity index (χ1v) is 2.50. The molecule has 0 rings (SSSR count). The Balaban J connectivity index is -0.0000000575. The van der Waals surface area contributed by atoms with E-state index in [1.165, 1.54) is 0 Å². The number of hydrogen-bond donors (Lipinski definition) is 0. The zero-order valence-corrected chi connectivity index (χ0v) is 5.99. The van der Waals surface area contributed by atoms with Crippen molar-refractivity contribution in [1.29, 1.82) is 0 Å². The number of hydrogen-bond acceptors (Lipinski definition) is 5. The molecule has 0 aromatic heterocycles. The summed E-state index contributed by atoms with van der Waals surface area (Å²) in [6.07, 6.45) is 0. The van der Waals surface area contributed by atoms with Crippen molar-refractivity contribution in [3.8, 4) is 0 Å². The summed E-state index contributed by atoms with van der Waals surface area (Å²) in [5, 5.41) is 0. The minimum absolute atomic E-state index is 0. The van der Waals surface area contributed by atoms with E-state index in [0.29, 0.717) is 0 Å². The van der Waals surface area contributed by atoms with Gasteiger partial charge >= 0.3 is 22.2 Å². The largest absolute Gasteiger partial charge is 0.425 e. The van der Waals surface area contributed by atoms with E-state index in [2.05, 4.69) is 0 Å². The monoisotopic (exact) mass is 178 g/mol. The van der Waals surface area contributed by atoms with Crippen LogP contribution in [0.5, 0.6) is 0 Å². The highest BCUT2D eigenvalue weighted by molar-refractivity contribution is 7.59. The second-order valence-corrected chi connectivity index (χ2v) is 0.816. The molecule has 0 fully saturated rings. The van der Waals surface area contributed by atoms with Crippen molar-refractivity contribution < 1.29 is 21.0 Å². The molecule has 0 aromatic carbocycles. The summed E-state index contributed by atoms with van der Waals surface area (Å²) in [5.74, 6) is 0. The molecule has 0 amide bonds. The van der Waals surface area contributed by atoms with E-state index in [0.717, 1.165) is 0 Å². The van der Waals surface area contributed by atoms with Crippen LogP contribution in [-0.4, -0.2) is 21.0 Å². The average molecular weight is 178 g/mol. The second kappa shape index (κ2) is 15.8. The molecule has 0 bridgehead atoms. The van der Waals surface area contributed by atoms with E-state index in [1.54, 1.807) is 0 Å². The summed E-state index contributed by atoms with van der Waals surface area (Å²) < 4.78 is 41.9. The fourth-order valence-corrected chi connectivity index (χ4v) is 0. The molecular weight excluding hydrogens is 176 g/mol. The van der Waals surface area contributed by atoms with E-state index < -0.39 is 22.2 Å². The third-order valence-corrected chi connectivity index (χ3v) is 0. The summed E-state index contributed by atoms with van der Waals surface area (Å²) in [6.45, 7) is 0. The van der Waals surface area contributed by atoms with Crippen LogP contribution in [0.15, 0.2) is 0 Å². The maximum atomic E-state index is 8.44. The van der Waals surface area contributed by atoms with Crippen LogP contribution in [0, 0.1) is 0 Å². The standard InChI is InChI=1S/O3S.O2S.H2S/c1-4(2)3;1-3-2;/h;;1H2. The van der Waals surface area contributed by atoms with Gasteiger partial charge in [-0.25, -0.2) is 0 Å². The quantitative estimate of drug-likeness (QED) is 0.447. The maximum Gasteiger partial charge on any atom is 0.425 e. The second-order valence-electron chi connectivity index (χ2n) is 0.272. The Bertz CT molecular complexity index is 134. The van der Waals surface area contributed by atoms with Crippen LogP contribution in [0.25, 0.3) is 0 Å². The first-order valence-electron chi connectivity index (χ1n) is 0.833. The van der Waals surface area contributed by atoms with Crippen LogP contribution in [0.4, 0.5) is 0 Å². The van der Waals surface area contributed by atoms with Crippen molar-refractivity contribution in [1.82, 2.24) is 0 Å². The van der Waals surface area contributed by atoms with Gasteiger partial charge in [0.05, 0.1) is 0 Å². The van der Waals surface area contributed by atoms with Gasteiger partial charge in [-0.1, -0.05) is 0 Å². The van der Waals surface area contributed by atoms with Crippen LogP contribution in [0.3, 0.4) is 0 Å². The van der Waals surface area contributed by atoms with Gasteiger partial charge in [-0.3, -0.25) is 0 Å². The Hall–Kier alpha value is -0.210. The minimum atomic E-state index is -3.11. The van der Waals surface area contributed by atoms with Gasteiger partial charge in [0.15, 0.2) is 0 Å². The van der Waals surface area contributed by atoms with Crippen LogP contribution < -0.4 is 0 Å². The van der Waals surface area contributed by atoms with Gasteiger partial charge in [0, 0.05) is 0 Å². The smallest absolute Gasteiger partial charge is 0.197 e. The van der Waals surface area contributed by atoms with Crippen molar-refractivity contribution in [3.05, 3.63) is 0 Å². The molecule has 8 heteroatoms. The van der Waals surface area contributed by atoms with E-state index in [9.17, 15) is 0 Å². The topological polar surface area (TPSA) is 85.3 Å². The maximum absolute atomic E-state index is 8.44. The van der Waals surface area contributed by atoms with E-state index in [1.807, 2.05) is 0 Å². The molecule has 0 spiro atoms. The summed E-state index contributed by atoms with van der Waals surface area (Å²) in [7, 11) is -3.11. The van der Waals surface area contributed by atoms with Crippen LogP contribution in [-0.2, 0) is 22.2 Å². The molecule has 5 nitrogen and oxygen atoms in total. The molecule has 0 unspecified atom stereocenters. The normalized spacial score (nSPS) is 4.50. The van der Waals surface area contributed by atoms with E-state index in [-0.39, 0.29) is 13.5 Å². The van der Waals surface area contributed by atoms with Crippen LogP contribution in [0.1, 0.15) is 0 Å². The molecule has 0 aliphatic heterocycles. The Morgan fingerprint density at radius 2 is 1.00 bits per heavy atom. The minimum Gasteiger partial charge on any atom is -0.197 e. The highest BCUT2D eigenvalue weighted by Crippen LogP contribution is 1.07. The van der Waals surface area contributed by atoms with E-state index in [4.69, 9.17) is 21.0 Å². The van der Waals surface area contributed by atoms with Gasteiger partial charge in [-0.15, -0.1) is 12.6 Å². The van der Waals surface area contributed by atoms with Crippen molar-refractivity contribution in [3.63, 3.8) is 0 Å². The van der Waals surface area contributed by atoms with Crippen molar-refractivity contribution in [2.24, 2.45) is 0 Å². The van der Waals surface area contributed by atoms with Crippen molar-refractivity contribution in [2.45, 2.75) is 0 Å². The Morgan fingerprint density at radius 1 is 1.00 bits per heavy atom. The van der Waals surface area contributed by atoms with Gasteiger partial charge < -0.3 is 0 Å². The highest BCUT2D eigenvalue weighted by Gasteiger charge is 1.40. The Kier molecular flexibility index (Phi) is 31.0. The fraction of sp³-hybridized carbons (Fsp3) is 0. The molecule has 0 saturated carbocycles. The first-order chi connectivity index (χ1) is 3.15. The lowest BCUT2D eigenvalue weighted by molar-refractivity contribution is 0.559. The molecule has 50 valence electrons. The first kappa shape index (κ1) is 15.7. The van der Waals surface area contributed by atoms with Gasteiger partial charge in [0.25, 0.3) is 0 Å². The summed E-state index contributed by atoms with van der Waals surface area (Å²) in [4.78, 5) is 0.